The van der Waals surface area contributed by atoms with Gasteiger partial charge in [0.05, 0.1) is 26.2 Å². The van der Waals surface area contributed by atoms with E-state index < -0.39 is 0 Å². The fraction of sp³-hybridized carbons (Fsp3) is 0.562. The fourth-order valence-electron chi connectivity index (χ4n) is 2.40. The van der Waals surface area contributed by atoms with Crippen LogP contribution in [-0.2, 0) is 4.79 Å². The smallest absolute Gasteiger partial charge is 0.192 e. The first-order valence-electron chi connectivity index (χ1n) is 7.23. The van der Waals surface area contributed by atoms with Gasteiger partial charge in [-0.15, -0.1) is 0 Å². The minimum Gasteiger partial charge on any atom is -0.360 e. The molecule has 1 aromatic carbocycles. The van der Waals surface area contributed by atoms with Crippen molar-refractivity contribution in [3.05, 3.63) is 29.3 Å². The van der Waals surface area contributed by atoms with Gasteiger partial charge < -0.3 is 9.80 Å². The van der Waals surface area contributed by atoms with Crippen LogP contribution in [0.25, 0.3) is 0 Å². The first-order chi connectivity index (χ1) is 9.36. The van der Waals surface area contributed by atoms with Crippen LogP contribution in [0, 0.1) is 5.41 Å². The number of Topliss-reactive ketones (excluding diaryl/α,β-unsaturated/α-hetero) is 1. The number of hydrogen-bond donors (Lipinski definition) is 1. The van der Waals surface area contributed by atoms with E-state index in [4.69, 9.17) is 11.6 Å². The first kappa shape index (κ1) is 15.3. The van der Waals surface area contributed by atoms with E-state index in [9.17, 15) is 4.79 Å². The second-order valence-corrected chi connectivity index (χ2v) is 7.00. The Morgan fingerprint density at radius 1 is 1.20 bits per heavy atom. The van der Waals surface area contributed by atoms with E-state index >= 15 is 0 Å². The lowest BCUT2D eigenvalue weighted by atomic mass is 9.90. The van der Waals surface area contributed by atoms with Gasteiger partial charge in [-0.05, 0) is 24.3 Å². The molecule has 0 spiro atoms. The van der Waals surface area contributed by atoms with Crippen LogP contribution in [0.15, 0.2) is 24.3 Å². The molecule has 0 bridgehead atoms. The van der Waals surface area contributed by atoms with Crippen molar-refractivity contribution in [2.75, 3.05) is 37.6 Å². The number of benzene rings is 1. The normalized spacial score (nSPS) is 17.3. The monoisotopic (exact) mass is 295 g/mol. The number of carbonyl (C=O) groups is 1. The number of piperazine rings is 1. The summed E-state index contributed by atoms with van der Waals surface area (Å²) in [5.41, 5.74) is 0.996. The summed E-state index contributed by atoms with van der Waals surface area (Å²) in [6.45, 7) is 10.7. The Morgan fingerprint density at radius 2 is 1.75 bits per heavy atom. The SMILES string of the molecule is CC(C)(C)C(=O)C[NH+]1CCN(c2ccc(Cl)cc2)CC1. The van der Waals surface area contributed by atoms with Crippen LogP contribution >= 0.6 is 11.6 Å². The van der Waals surface area contributed by atoms with Gasteiger partial charge in [-0.3, -0.25) is 4.79 Å². The molecule has 1 N–H and O–H groups in total. The summed E-state index contributed by atoms with van der Waals surface area (Å²) in [5, 5.41) is 0.772. The molecule has 2 rings (SSSR count). The Kier molecular flexibility index (Phi) is 4.71. The average Bonchev–Trinajstić information content (AvgIpc) is 2.39. The highest BCUT2D eigenvalue weighted by Crippen LogP contribution is 2.18. The van der Waals surface area contributed by atoms with Crippen LogP contribution in [-0.4, -0.2) is 38.5 Å². The Balaban J connectivity index is 1.86. The lowest BCUT2D eigenvalue weighted by Gasteiger charge is -2.34. The number of nitrogens with zero attached hydrogens (tertiary/aromatic N) is 1. The highest BCUT2D eigenvalue weighted by Gasteiger charge is 2.28. The molecule has 1 saturated heterocycles. The van der Waals surface area contributed by atoms with Gasteiger partial charge in [0, 0.05) is 16.1 Å². The van der Waals surface area contributed by atoms with Crippen molar-refractivity contribution >= 4 is 23.1 Å². The number of rotatable bonds is 3. The third-order valence-electron chi connectivity index (χ3n) is 3.91. The maximum absolute atomic E-state index is 12.1. The van der Waals surface area contributed by atoms with E-state index in [-0.39, 0.29) is 5.41 Å². The zero-order valence-electron chi connectivity index (χ0n) is 12.6. The molecule has 3 nitrogen and oxygen atoms in total. The molecule has 1 aromatic rings. The highest BCUT2D eigenvalue weighted by atomic mass is 35.5. The quantitative estimate of drug-likeness (QED) is 0.917. The van der Waals surface area contributed by atoms with E-state index in [0.29, 0.717) is 12.3 Å². The van der Waals surface area contributed by atoms with Crippen LogP contribution < -0.4 is 9.80 Å². The van der Waals surface area contributed by atoms with Crippen molar-refractivity contribution in [2.45, 2.75) is 20.8 Å². The molecule has 0 atom stereocenters. The van der Waals surface area contributed by atoms with Crippen molar-refractivity contribution in [1.29, 1.82) is 0 Å². The lowest BCUT2D eigenvalue weighted by Crippen LogP contribution is -3.15. The molecule has 0 aliphatic carbocycles. The van der Waals surface area contributed by atoms with Gasteiger partial charge in [0.25, 0.3) is 0 Å². The molecule has 0 radical (unpaired) electrons. The largest absolute Gasteiger partial charge is 0.360 e. The number of quaternary nitrogens is 1. The van der Waals surface area contributed by atoms with Gasteiger partial charge in [0.15, 0.2) is 5.78 Å². The van der Waals surface area contributed by atoms with Crippen LogP contribution in [0.3, 0.4) is 0 Å². The van der Waals surface area contributed by atoms with E-state index in [1.165, 1.54) is 10.6 Å². The zero-order valence-corrected chi connectivity index (χ0v) is 13.3. The van der Waals surface area contributed by atoms with E-state index in [1.54, 1.807) is 0 Å². The van der Waals surface area contributed by atoms with Crippen molar-refractivity contribution in [3.63, 3.8) is 0 Å². The summed E-state index contributed by atoms with van der Waals surface area (Å²) in [5.74, 6) is 0.354. The van der Waals surface area contributed by atoms with Gasteiger partial charge >= 0.3 is 0 Å². The third kappa shape index (κ3) is 3.97. The topological polar surface area (TPSA) is 24.8 Å². The maximum atomic E-state index is 12.1. The summed E-state index contributed by atoms with van der Waals surface area (Å²) in [4.78, 5) is 15.8. The van der Waals surface area contributed by atoms with Crippen molar-refractivity contribution in [1.82, 2.24) is 0 Å². The number of hydrogen-bond acceptors (Lipinski definition) is 2. The number of nitrogens with one attached hydrogen (secondary N) is 1. The Morgan fingerprint density at radius 3 is 2.25 bits per heavy atom. The highest BCUT2D eigenvalue weighted by molar-refractivity contribution is 6.30. The Bertz CT molecular complexity index is 456. The lowest BCUT2D eigenvalue weighted by molar-refractivity contribution is -0.892. The molecule has 1 heterocycles. The predicted molar refractivity (Wildman–Crippen MR) is 83.7 cm³/mol. The Hall–Kier alpha value is -1.06. The van der Waals surface area contributed by atoms with Crippen LogP contribution in [0.2, 0.25) is 5.02 Å². The molecular weight excluding hydrogens is 272 g/mol. The molecule has 1 aliphatic rings. The summed E-state index contributed by atoms with van der Waals surface area (Å²) in [7, 11) is 0. The molecular formula is C16H24ClN2O+. The standard InChI is InChI=1S/C16H23ClN2O/c1-16(2,3)15(20)12-18-8-10-19(11-9-18)14-6-4-13(17)5-7-14/h4-7H,8-12H2,1-3H3/p+1. The molecule has 0 amide bonds. The van der Waals surface area contributed by atoms with Gasteiger partial charge in [-0.1, -0.05) is 32.4 Å². The van der Waals surface area contributed by atoms with E-state index in [2.05, 4.69) is 17.0 Å². The van der Waals surface area contributed by atoms with Crippen LogP contribution in [0.1, 0.15) is 20.8 Å². The second-order valence-electron chi connectivity index (χ2n) is 6.56. The predicted octanol–water partition coefficient (Wildman–Crippen LogP) is 1.66. The minimum atomic E-state index is -0.222. The summed E-state index contributed by atoms with van der Waals surface area (Å²) in [6, 6.07) is 7.99. The van der Waals surface area contributed by atoms with Crippen LogP contribution in [0.5, 0.6) is 0 Å². The summed E-state index contributed by atoms with van der Waals surface area (Å²) >= 11 is 5.91. The maximum Gasteiger partial charge on any atom is 0.192 e. The number of anilines is 1. The zero-order chi connectivity index (χ0) is 14.8. The molecule has 0 aromatic heterocycles. The molecule has 110 valence electrons. The molecule has 0 unspecified atom stereocenters. The summed E-state index contributed by atoms with van der Waals surface area (Å²) in [6.07, 6.45) is 0. The van der Waals surface area contributed by atoms with Crippen molar-refractivity contribution in [3.8, 4) is 0 Å². The molecule has 0 saturated carbocycles. The van der Waals surface area contributed by atoms with Gasteiger partial charge in [-0.25, -0.2) is 0 Å². The molecule has 20 heavy (non-hydrogen) atoms. The third-order valence-corrected chi connectivity index (χ3v) is 4.16. The van der Waals surface area contributed by atoms with Crippen LogP contribution in [0.4, 0.5) is 5.69 Å². The summed E-state index contributed by atoms with van der Waals surface area (Å²) < 4.78 is 0. The van der Waals surface area contributed by atoms with Gasteiger partial charge in [0.2, 0.25) is 0 Å². The molecule has 4 heteroatoms. The Labute approximate surface area is 126 Å². The fourth-order valence-corrected chi connectivity index (χ4v) is 2.53. The number of carbonyl (C=O) groups excluding carboxylic acids is 1. The van der Waals surface area contributed by atoms with Gasteiger partial charge in [-0.2, -0.15) is 0 Å². The van der Waals surface area contributed by atoms with Crippen molar-refractivity contribution in [2.24, 2.45) is 5.41 Å². The minimum absolute atomic E-state index is 0.222. The number of halogens is 1. The average molecular weight is 296 g/mol. The molecule has 1 fully saturated rings. The van der Waals surface area contributed by atoms with E-state index in [0.717, 1.165) is 31.2 Å². The van der Waals surface area contributed by atoms with Crippen molar-refractivity contribution < 1.29 is 9.69 Å². The van der Waals surface area contributed by atoms with Gasteiger partial charge in [0.1, 0.15) is 6.54 Å². The first-order valence-corrected chi connectivity index (χ1v) is 7.61. The van der Waals surface area contributed by atoms with E-state index in [1.807, 2.05) is 32.9 Å². The molecule has 1 aliphatic heterocycles. The number of ketones is 1. The second kappa shape index (κ2) is 6.15.